The standard InChI is InChI=1S/C32H37F4O2/c1-3-5-7-8-9-11-13-25-16-20-27(21-17-25)38-32(35,36)30-28(33)22-23-29(31(30)34)37-26-18-14-24(15-19-26)12-10-6-4-2/h14-22H,3-13H2,1-2H3. The lowest BCUT2D eigenvalue weighted by Crippen LogP contribution is -2.25. The average molecular weight is 530 g/mol. The van der Waals surface area contributed by atoms with Gasteiger partial charge in [0.1, 0.15) is 22.9 Å². The molecule has 3 rings (SSSR count). The van der Waals surface area contributed by atoms with Crippen molar-refractivity contribution in [3.05, 3.63) is 89.0 Å². The minimum absolute atomic E-state index is 0.186. The fourth-order valence-corrected chi connectivity index (χ4v) is 4.28. The quantitative estimate of drug-likeness (QED) is 0.136. The lowest BCUT2D eigenvalue weighted by molar-refractivity contribution is -0.189. The summed E-state index contributed by atoms with van der Waals surface area (Å²) in [5.74, 6) is -3.60. The van der Waals surface area contributed by atoms with Gasteiger partial charge in [-0.15, -0.1) is 0 Å². The molecule has 0 saturated heterocycles. The molecule has 0 aromatic heterocycles. The van der Waals surface area contributed by atoms with Gasteiger partial charge in [0.15, 0.2) is 11.6 Å². The molecule has 0 atom stereocenters. The number of benzene rings is 3. The summed E-state index contributed by atoms with van der Waals surface area (Å²) in [4.78, 5) is 0. The maximum absolute atomic E-state index is 15.1. The molecule has 1 radical (unpaired) electrons. The average Bonchev–Trinajstić information content (AvgIpc) is 2.89. The van der Waals surface area contributed by atoms with Crippen LogP contribution in [0, 0.1) is 17.7 Å². The highest BCUT2D eigenvalue weighted by Gasteiger charge is 2.42. The van der Waals surface area contributed by atoms with E-state index in [1.807, 2.05) is 12.1 Å². The van der Waals surface area contributed by atoms with Gasteiger partial charge in [0, 0.05) is 6.07 Å². The van der Waals surface area contributed by atoms with E-state index in [-0.39, 0.29) is 11.5 Å². The molecule has 3 aromatic carbocycles. The van der Waals surface area contributed by atoms with Gasteiger partial charge < -0.3 is 9.47 Å². The van der Waals surface area contributed by atoms with E-state index in [0.717, 1.165) is 56.1 Å². The molecular formula is C32H37F4O2. The van der Waals surface area contributed by atoms with Crippen LogP contribution in [0.15, 0.2) is 54.6 Å². The number of unbranched alkanes of at least 4 members (excludes halogenated alkanes) is 7. The minimum Gasteiger partial charge on any atom is -0.454 e. The number of hydrogen-bond acceptors (Lipinski definition) is 2. The normalized spacial score (nSPS) is 11.5. The van der Waals surface area contributed by atoms with E-state index in [0.29, 0.717) is 6.07 Å². The number of halogens is 4. The van der Waals surface area contributed by atoms with Crippen molar-refractivity contribution in [2.75, 3.05) is 0 Å². The van der Waals surface area contributed by atoms with Gasteiger partial charge >= 0.3 is 6.11 Å². The van der Waals surface area contributed by atoms with Crippen molar-refractivity contribution in [3.8, 4) is 17.2 Å². The molecule has 0 aliphatic carbocycles. The highest BCUT2D eigenvalue weighted by molar-refractivity contribution is 5.38. The molecule has 2 nitrogen and oxygen atoms in total. The van der Waals surface area contributed by atoms with Crippen molar-refractivity contribution in [3.63, 3.8) is 0 Å². The maximum Gasteiger partial charge on any atom is 0.432 e. The van der Waals surface area contributed by atoms with E-state index in [2.05, 4.69) is 19.9 Å². The molecule has 0 fully saturated rings. The van der Waals surface area contributed by atoms with Crippen molar-refractivity contribution >= 4 is 0 Å². The Morgan fingerprint density at radius 2 is 1.18 bits per heavy atom. The Morgan fingerprint density at radius 3 is 1.79 bits per heavy atom. The van der Waals surface area contributed by atoms with Crippen molar-refractivity contribution in [1.82, 2.24) is 0 Å². The van der Waals surface area contributed by atoms with Gasteiger partial charge in [0.25, 0.3) is 0 Å². The second-order valence-electron chi connectivity index (χ2n) is 9.64. The van der Waals surface area contributed by atoms with Crippen LogP contribution in [0.1, 0.15) is 88.3 Å². The van der Waals surface area contributed by atoms with Crippen LogP contribution in [0.4, 0.5) is 17.6 Å². The van der Waals surface area contributed by atoms with Crippen molar-refractivity contribution in [2.45, 2.75) is 90.6 Å². The Kier molecular flexibility index (Phi) is 11.5. The summed E-state index contributed by atoms with van der Waals surface area (Å²) < 4.78 is 69.6. The van der Waals surface area contributed by atoms with Crippen molar-refractivity contribution < 1.29 is 27.0 Å². The highest BCUT2D eigenvalue weighted by Crippen LogP contribution is 2.38. The predicted octanol–water partition coefficient (Wildman–Crippen LogP) is 10.3. The molecule has 0 unspecified atom stereocenters. The Morgan fingerprint density at radius 1 is 0.684 bits per heavy atom. The third-order valence-corrected chi connectivity index (χ3v) is 6.48. The van der Waals surface area contributed by atoms with Gasteiger partial charge in [0.05, 0.1) is 0 Å². The van der Waals surface area contributed by atoms with Crippen molar-refractivity contribution in [1.29, 1.82) is 0 Å². The van der Waals surface area contributed by atoms with Gasteiger partial charge in [-0.05, 0) is 67.1 Å². The Bertz CT molecular complexity index is 1110. The van der Waals surface area contributed by atoms with E-state index >= 15 is 4.39 Å². The van der Waals surface area contributed by atoms with Gasteiger partial charge in [-0.1, -0.05) is 83.1 Å². The summed E-state index contributed by atoms with van der Waals surface area (Å²) >= 11 is 0. The Balaban J connectivity index is 1.64. The third kappa shape index (κ3) is 8.78. The van der Waals surface area contributed by atoms with Crippen LogP contribution < -0.4 is 9.47 Å². The molecule has 0 heterocycles. The monoisotopic (exact) mass is 529 g/mol. The summed E-state index contributed by atoms with van der Waals surface area (Å²) in [5.41, 5.74) is 0.571. The number of rotatable bonds is 16. The largest absolute Gasteiger partial charge is 0.454 e. The number of alkyl halides is 2. The smallest absolute Gasteiger partial charge is 0.432 e. The molecule has 38 heavy (non-hydrogen) atoms. The molecule has 0 bridgehead atoms. The van der Waals surface area contributed by atoms with E-state index in [9.17, 15) is 13.2 Å². The summed E-state index contributed by atoms with van der Waals surface area (Å²) in [6.07, 6.45) is 7.74. The van der Waals surface area contributed by atoms with Gasteiger partial charge in [-0.25, -0.2) is 8.78 Å². The fourth-order valence-electron chi connectivity index (χ4n) is 4.28. The molecule has 0 aliphatic rings. The molecular weight excluding hydrogens is 492 g/mol. The summed E-state index contributed by atoms with van der Waals surface area (Å²) in [6.45, 7) is 4.30. The van der Waals surface area contributed by atoms with Crippen LogP contribution >= 0.6 is 0 Å². The SMILES string of the molecule is CCCCCCCCc1ccc(OC(F)(F)c2c(F)c[c]c(Oc3ccc(CCCCC)cc3)c2F)cc1. The zero-order chi connectivity index (χ0) is 27.4. The van der Waals surface area contributed by atoms with Crippen LogP contribution in [-0.4, -0.2) is 0 Å². The molecule has 6 heteroatoms. The second kappa shape index (κ2) is 14.8. The third-order valence-electron chi connectivity index (χ3n) is 6.48. The first kappa shape index (κ1) is 29.5. The van der Waals surface area contributed by atoms with Crippen LogP contribution in [0.25, 0.3) is 0 Å². The Hall–Kier alpha value is -3.02. The Labute approximate surface area is 224 Å². The van der Waals surface area contributed by atoms with E-state index in [1.54, 1.807) is 24.3 Å². The second-order valence-corrected chi connectivity index (χ2v) is 9.64. The zero-order valence-electron chi connectivity index (χ0n) is 22.3. The van der Waals surface area contributed by atoms with Gasteiger partial charge in [0.2, 0.25) is 0 Å². The lowest BCUT2D eigenvalue weighted by Gasteiger charge is -2.20. The van der Waals surface area contributed by atoms with Crippen LogP contribution in [0.3, 0.4) is 0 Å². The van der Waals surface area contributed by atoms with E-state index in [4.69, 9.17) is 9.47 Å². The molecule has 0 N–H and O–H groups in total. The van der Waals surface area contributed by atoms with Crippen LogP contribution in [-0.2, 0) is 19.0 Å². The first-order chi connectivity index (χ1) is 18.3. The van der Waals surface area contributed by atoms with E-state index in [1.165, 1.54) is 37.8 Å². The summed E-state index contributed by atoms with van der Waals surface area (Å²) in [7, 11) is 0. The molecule has 0 saturated carbocycles. The van der Waals surface area contributed by atoms with Gasteiger partial charge in [-0.2, -0.15) is 8.78 Å². The van der Waals surface area contributed by atoms with Crippen LogP contribution in [0.5, 0.6) is 17.2 Å². The van der Waals surface area contributed by atoms with Crippen molar-refractivity contribution in [2.24, 2.45) is 0 Å². The summed E-state index contributed by atoms with van der Waals surface area (Å²) in [6, 6.07) is 16.0. The molecule has 0 amide bonds. The number of aryl methyl sites for hydroxylation is 2. The van der Waals surface area contributed by atoms with Crippen LogP contribution in [0.2, 0.25) is 0 Å². The first-order valence-corrected chi connectivity index (χ1v) is 13.7. The predicted molar refractivity (Wildman–Crippen MR) is 143 cm³/mol. The van der Waals surface area contributed by atoms with E-state index < -0.39 is 29.1 Å². The molecule has 205 valence electrons. The summed E-state index contributed by atoms with van der Waals surface area (Å²) in [5, 5.41) is 0. The first-order valence-electron chi connectivity index (χ1n) is 13.7. The number of ether oxygens (including phenoxy) is 2. The van der Waals surface area contributed by atoms with Gasteiger partial charge in [-0.3, -0.25) is 0 Å². The zero-order valence-corrected chi connectivity index (χ0v) is 22.3. The topological polar surface area (TPSA) is 18.5 Å². The maximum atomic E-state index is 15.1. The molecule has 3 aromatic rings. The number of hydrogen-bond donors (Lipinski definition) is 0. The lowest BCUT2D eigenvalue weighted by atomic mass is 10.0. The molecule has 0 spiro atoms. The fraction of sp³-hybridized carbons (Fsp3) is 0.438. The highest BCUT2D eigenvalue weighted by atomic mass is 19.3. The molecule has 0 aliphatic heterocycles. The minimum atomic E-state index is -4.26.